The van der Waals surface area contributed by atoms with Crippen LogP contribution in [0.2, 0.25) is 0 Å². The van der Waals surface area contributed by atoms with Gasteiger partial charge in [-0.25, -0.2) is 18.6 Å². The number of halogens is 5. The molecule has 2 atom stereocenters. The van der Waals surface area contributed by atoms with Crippen molar-refractivity contribution >= 4 is 27.9 Å². The molecule has 0 unspecified atom stereocenters. The Morgan fingerprint density at radius 1 is 1.24 bits per heavy atom. The number of carboxylic acid groups (broad SMARTS) is 1. The average molecular weight is 526 g/mol. The summed E-state index contributed by atoms with van der Waals surface area (Å²) >= 11 is 0. The van der Waals surface area contributed by atoms with Crippen LogP contribution in [-0.2, 0) is 16.0 Å². The standard InChI is InChI=1S/C22H22F2N4O2.C2HF3O2/c1-12-8-16(5-6-29-12)28-20(10-15-7-13(2)30-27-15)26-19-11-25-18-4-3-14(22(23)24)9-17(18)21(19)28;3-2(4,5)1(6)7/h3-4,7,9,11-12,16,22H,5-6,8,10H2,1-2H3;(H,6,7)/t12-,16-;/m1./s1. The van der Waals surface area contributed by atoms with E-state index in [-0.39, 0.29) is 17.7 Å². The Hall–Kier alpha value is -3.61. The molecule has 5 rings (SSSR count). The van der Waals surface area contributed by atoms with E-state index < -0.39 is 18.6 Å². The van der Waals surface area contributed by atoms with E-state index in [1.54, 1.807) is 18.3 Å². The number of hydrogen-bond acceptors (Lipinski definition) is 6. The lowest BCUT2D eigenvalue weighted by atomic mass is 10.0. The van der Waals surface area contributed by atoms with Crippen molar-refractivity contribution in [2.24, 2.45) is 0 Å². The minimum Gasteiger partial charge on any atom is -0.475 e. The molecule has 4 aromatic rings. The molecule has 1 aliphatic heterocycles. The Morgan fingerprint density at radius 3 is 2.57 bits per heavy atom. The molecule has 3 aromatic heterocycles. The molecule has 0 radical (unpaired) electrons. The number of aliphatic carboxylic acids is 1. The van der Waals surface area contributed by atoms with Gasteiger partial charge in [0.15, 0.2) is 0 Å². The number of nitrogens with zero attached hydrogens (tertiary/aromatic N) is 4. The van der Waals surface area contributed by atoms with E-state index in [2.05, 4.69) is 21.6 Å². The van der Waals surface area contributed by atoms with Gasteiger partial charge in [0.1, 0.15) is 17.1 Å². The Bertz CT molecular complexity index is 1420. The van der Waals surface area contributed by atoms with Crippen LogP contribution in [0, 0.1) is 6.92 Å². The number of hydrogen-bond donors (Lipinski definition) is 1. The quantitative estimate of drug-likeness (QED) is 0.336. The number of imidazole rings is 1. The van der Waals surface area contributed by atoms with E-state index >= 15 is 0 Å². The first-order valence-electron chi connectivity index (χ1n) is 11.4. The first-order valence-corrected chi connectivity index (χ1v) is 11.4. The summed E-state index contributed by atoms with van der Waals surface area (Å²) in [5.74, 6) is -1.19. The molecule has 0 spiro atoms. The van der Waals surface area contributed by atoms with Crippen molar-refractivity contribution in [1.29, 1.82) is 0 Å². The van der Waals surface area contributed by atoms with Crippen LogP contribution in [0.15, 0.2) is 35.0 Å². The highest BCUT2D eigenvalue weighted by Crippen LogP contribution is 2.35. The van der Waals surface area contributed by atoms with Crippen LogP contribution in [0.5, 0.6) is 0 Å². The molecule has 198 valence electrons. The molecule has 1 saturated heterocycles. The molecule has 0 saturated carbocycles. The van der Waals surface area contributed by atoms with E-state index in [9.17, 15) is 22.0 Å². The van der Waals surface area contributed by atoms with Crippen molar-refractivity contribution in [3.05, 3.63) is 53.3 Å². The average Bonchev–Trinajstić information content (AvgIpc) is 3.41. The van der Waals surface area contributed by atoms with Gasteiger partial charge in [0.25, 0.3) is 6.43 Å². The number of benzene rings is 1. The third kappa shape index (κ3) is 5.87. The van der Waals surface area contributed by atoms with E-state index in [1.807, 2.05) is 13.0 Å². The predicted octanol–water partition coefficient (Wildman–Crippen LogP) is 5.78. The van der Waals surface area contributed by atoms with Crippen molar-refractivity contribution in [3.63, 3.8) is 0 Å². The zero-order valence-electron chi connectivity index (χ0n) is 19.8. The van der Waals surface area contributed by atoms with E-state index in [0.29, 0.717) is 29.4 Å². The topological polar surface area (TPSA) is 103 Å². The minimum absolute atomic E-state index is 0.0152. The molecular formula is C24H23F5N4O4. The monoisotopic (exact) mass is 526 g/mol. The molecule has 13 heteroatoms. The number of alkyl halides is 5. The Morgan fingerprint density at radius 2 is 1.97 bits per heavy atom. The zero-order valence-corrected chi connectivity index (χ0v) is 19.8. The fraction of sp³-hybridized carbons (Fsp3) is 0.417. The van der Waals surface area contributed by atoms with Gasteiger partial charge in [0.2, 0.25) is 0 Å². The number of aromatic nitrogens is 4. The van der Waals surface area contributed by atoms with Crippen LogP contribution in [0.3, 0.4) is 0 Å². The number of ether oxygens (including phenoxy) is 1. The van der Waals surface area contributed by atoms with Gasteiger partial charge in [-0.2, -0.15) is 13.2 Å². The van der Waals surface area contributed by atoms with Crippen molar-refractivity contribution in [3.8, 4) is 0 Å². The summed E-state index contributed by atoms with van der Waals surface area (Å²) in [6.45, 7) is 4.56. The van der Waals surface area contributed by atoms with Crippen LogP contribution in [0.25, 0.3) is 21.9 Å². The lowest BCUT2D eigenvalue weighted by Gasteiger charge is -2.30. The molecule has 0 amide bonds. The summed E-state index contributed by atoms with van der Waals surface area (Å²) in [5, 5.41) is 11.9. The second-order valence-electron chi connectivity index (χ2n) is 8.74. The molecule has 1 N–H and O–H groups in total. The highest BCUT2D eigenvalue weighted by Gasteiger charge is 2.38. The van der Waals surface area contributed by atoms with Gasteiger partial charge in [-0.15, -0.1) is 0 Å². The van der Waals surface area contributed by atoms with Crippen molar-refractivity contribution in [2.75, 3.05) is 6.61 Å². The third-order valence-electron chi connectivity index (χ3n) is 5.95. The molecule has 4 heterocycles. The second kappa shape index (κ2) is 10.4. The molecular weight excluding hydrogens is 503 g/mol. The van der Waals surface area contributed by atoms with Gasteiger partial charge >= 0.3 is 12.1 Å². The lowest BCUT2D eigenvalue weighted by molar-refractivity contribution is -0.192. The minimum atomic E-state index is -5.08. The molecule has 0 aliphatic carbocycles. The molecule has 8 nitrogen and oxygen atoms in total. The fourth-order valence-electron chi connectivity index (χ4n) is 4.37. The normalized spacial score (nSPS) is 18.3. The lowest BCUT2D eigenvalue weighted by Crippen LogP contribution is -2.26. The zero-order chi connectivity index (χ0) is 26.9. The second-order valence-corrected chi connectivity index (χ2v) is 8.74. The van der Waals surface area contributed by atoms with Crippen LogP contribution in [0.4, 0.5) is 22.0 Å². The summed E-state index contributed by atoms with van der Waals surface area (Å²) in [6, 6.07) is 6.67. The maximum Gasteiger partial charge on any atom is 0.490 e. The Labute approximate surface area is 207 Å². The van der Waals surface area contributed by atoms with Crippen LogP contribution >= 0.6 is 0 Å². The van der Waals surface area contributed by atoms with Gasteiger partial charge < -0.3 is 18.9 Å². The highest BCUT2D eigenvalue weighted by molar-refractivity contribution is 6.02. The van der Waals surface area contributed by atoms with Gasteiger partial charge in [0.05, 0.1) is 35.4 Å². The maximum atomic E-state index is 13.4. The summed E-state index contributed by atoms with van der Waals surface area (Å²) < 4.78 is 71.7. The largest absolute Gasteiger partial charge is 0.490 e. The number of fused-ring (bicyclic) bond motifs is 3. The van der Waals surface area contributed by atoms with Crippen molar-refractivity contribution in [1.82, 2.24) is 19.7 Å². The fourth-order valence-corrected chi connectivity index (χ4v) is 4.37. The predicted molar refractivity (Wildman–Crippen MR) is 121 cm³/mol. The smallest absolute Gasteiger partial charge is 0.475 e. The summed E-state index contributed by atoms with van der Waals surface area (Å²) in [6.07, 6.45) is -3.63. The number of rotatable bonds is 4. The number of carbonyl (C=O) groups is 1. The highest BCUT2D eigenvalue weighted by atomic mass is 19.4. The molecule has 1 aromatic carbocycles. The molecule has 1 aliphatic rings. The third-order valence-corrected chi connectivity index (χ3v) is 5.95. The molecule has 37 heavy (non-hydrogen) atoms. The summed E-state index contributed by atoms with van der Waals surface area (Å²) in [7, 11) is 0. The van der Waals surface area contributed by atoms with Crippen molar-refractivity contribution in [2.45, 2.75) is 57.9 Å². The molecule has 1 fully saturated rings. The Kier molecular flexibility index (Phi) is 7.44. The van der Waals surface area contributed by atoms with Crippen LogP contribution in [0.1, 0.15) is 55.1 Å². The van der Waals surface area contributed by atoms with Gasteiger partial charge in [-0.1, -0.05) is 11.2 Å². The summed E-state index contributed by atoms with van der Waals surface area (Å²) in [5.41, 5.74) is 2.99. The first-order chi connectivity index (χ1) is 17.4. The molecule has 0 bridgehead atoms. The maximum absolute atomic E-state index is 13.4. The van der Waals surface area contributed by atoms with Gasteiger partial charge in [-0.3, -0.25) is 4.98 Å². The van der Waals surface area contributed by atoms with E-state index in [4.69, 9.17) is 24.1 Å². The number of aryl methyl sites for hydroxylation is 1. The van der Waals surface area contributed by atoms with Gasteiger partial charge in [-0.05, 0) is 38.8 Å². The van der Waals surface area contributed by atoms with E-state index in [1.165, 1.54) is 6.07 Å². The van der Waals surface area contributed by atoms with Gasteiger partial charge in [0, 0.05) is 29.7 Å². The van der Waals surface area contributed by atoms with Crippen molar-refractivity contribution < 1.29 is 41.1 Å². The van der Waals surface area contributed by atoms with Crippen LogP contribution < -0.4 is 0 Å². The Balaban J connectivity index is 0.000000405. The van der Waals surface area contributed by atoms with E-state index in [0.717, 1.165) is 35.6 Å². The first kappa shape index (κ1) is 26.5. The number of pyridine rings is 1. The summed E-state index contributed by atoms with van der Waals surface area (Å²) in [4.78, 5) is 18.2. The number of carboxylic acids is 1. The SMILES string of the molecule is Cc1cc(Cc2nc3cnc4ccc(C(F)F)cc4c3n2[C@@H]2CCO[C@H](C)C2)no1.O=C(O)C(F)(F)F. The van der Waals surface area contributed by atoms with Crippen LogP contribution in [-0.4, -0.2) is 49.7 Å².